The number of ether oxygens (including phenoxy) is 2. The van der Waals surface area contributed by atoms with Crippen LogP contribution in [0.25, 0.3) is 4.85 Å². The van der Waals surface area contributed by atoms with Gasteiger partial charge in [0, 0.05) is 11.8 Å². The lowest BCUT2D eigenvalue weighted by Crippen LogP contribution is -2.37. The molecule has 3 rings (SSSR count). The molecule has 2 aromatic rings. The number of carbonyl (C=O) groups excluding carboxylic acids is 1. The molecule has 1 unspecified atom stereocenters. The zero-order valence-electron chi connectivity index (χ0n) is 22.5. The van der Waals surface area contributed by atoms with Gasteiger partial charge in [-0.15, -0.1) is 0 Å². The van der Waals surface area contributed by atoms with Crippen LogP contribution in [0.3, 0.4) is 0 Å². The molecule has 12 nitrogen and oxygen atoms in total. The first-order valence-corrected chi connectivity index (χ1v) is 13.2. The van der Waals surface area contributed by atoms with Gasteiger partial charge in [0.05, 0.1) is 15.4 Å². The minimum Gasteiger partial charge on any atom is -0.462 e. The molecule has 1 fully saturated rings. The standard InChI is InChI=1S/C23H29N4O8PS/c1-13(2)33-22(30)15(4)26-36(31,35-16-9-7-6-8-10-16)32-12-17-19(28)18(24-5)21(34-17)27-11-14(3)20(29)25-23(27)37/h6-11,13,15,17-19,21,28H,12H2,1-4H3,(H,26,31)(H,25,29,37)/t15-,17-,18+,19?,21-,36-/m0/s1/i12D2. The summed E-state index contributed by atoms with van der Waals surface area (Å²) in [6.45, 7) is 10.6. The van der Waals surface area contributed by atoms with Gasteiger partial charge in [-0.05, 0) is 52.0 Å². The number of aliphatic hydroxyl groups is 1. The number of benzene rings is 1. The summed E-state index contributed by atoms with van der Waals surface area (Å²) in [4.78, 5) is 30.1. The number of aliphatic hydroxyl groups excluding tert-OH is 1. The van der Waals surface area contributed by atoms with Crippen LogP contribution in [0.1, 0.15) is 35.3 Å². The van der Waals surface area contributed by atoms with Crippen LogP contribution in [0.4, 0.5) is 0 Å². The second kappa shape index (κ2) is 12.1. The summed E-state index contributed by atoms with van der Waals surface area (Å²) in [6.07, 6.45) is -4.10. The number of nitrogens with zero attached hydrogens (tertiary/aromatic N) is 2. The van der Waals surface area contributed by atoms with Gasteiger partial charge in [-0.25, -0.2) is 11.1 Å². The van der Waals surface area contributed by atoms with E-state index in [1.165, 1.54) is 36.7 Å². The largest absolute Gasteiger partial charge is 0.462 e. The van der Waals surface area contributed by atoms with Gasteiger partial charge < -0.3 is 23.9 Å². The van der Waals surface area contributed by atoms with E-state index < -0.39 is 62.5 Å². The van der Waals surface area contributed by atoms with E-state index in [2.05, 4.69) is 14.9 Å². The number of H-pyrrole nitrogens is 1. The smallest absolute Gasteiger partial charge is 0.459 e. The molecule has 0 bridgehead atoms. The third-order valence-electron chi connectivity index (χ3n) is 5.12. The molecule has 37 heavy (non-hydrogen) atoms. The molecule has 14 heteroatoms. The summed E-state index contributed by atoms with van der Waals surface area (Å²) in [7, 11) is -4.71. The van der Waals surface area contributed by atoms with Gasteiger partial charge >= 0.3 is 13.7 Å². The summed E-state index contributed by atoms with van der Waals surface area (Å²) in [6, 6.07) is 5.09. The summed E-state index contributed by atoms with van der Waals surface area (Å²) >= 11 is 5.17. The number of aromatic amines is 1. The molecule has 1 aliphatic heterocycles. The molecule has 200 valence electrons. The number of aromatic nitrogens is 2. The van der Waals surface area contributed by atoms with Crippen molar-refractivity contribution in [2.45, 2.75) is 64.3 Å². The molecule has 1 saturated heterocycles. The van der Waals surface area contributed by atoms with E-state index in [-0.39, 0.29) is 16.1 Å². The van der Waals surface area contributed by atoms with Crippen molar-refractivity contribution in [3.8, 4) is 5.75 Å². The van der Waals surface area contributed by atoms with Gasteiger partial charge in [0.25, 0.3) is 11.6 Å². The Morgan fingerprint density at radius 3 is 2.70 bits per heavy atom. The maximum Gasteiger partial charge on any atom is 0.459 e. The van der Waals surface area contributed by atoms with E-state index in [9.17, 15) is 19.3 Å². The number of aryl methyl sites for hydroxylation is 1. The van der Waals surface area contributed by atoms with Crippen LogP contribution in [0.5, 0.6) is 5.75 Å². The number of hydrogen-bond acceptors (Lipinski definition) is 9. The number of rotatable bonds is 10. The number of esters is 1. The lowest BCUT2D eigenvalue weighted by Gasteiger charge is -2.24. The number of hydrogen-bond donors (Lipinski definition) is 3. The van der Waals surface area contributed by atoms with E-state index in [1.54, 1.807) is 32.0 Å². The first kappa shape index (κ1) is 25.8. The molecule has 3 N–H and O–H groups in total. The van der Waals surface area contributed by atoms with Crippen LogP contribution in [0, 0.1) is 18.3 Å². The van der Waals surface area contributed by atoms with Crippen LogP contribution >= 0.6 is 20.0 Å². The quantitative estimate of drug-likeness (QED) is 0.173. The van der Waals surface area contributed by atoms with Crippen LogP contribution in [-0.2, 0) is 23.4 Å². The SMILES string of the molecule is [2H]C([2H])(O[P@@](=O)(N[C@@H](C)C(=O)OC(C)C)Oc1ccccc1)[C@@H]1O[C@H](n2cc(C)c(=O)[nH]c2=S)[C@H]([N+]#[C-])C1O. The molecule has 0 amide bonds. The Hall–Kier alpha value is -2.85. The van der Waals surface area contributed by atoms with Crippen LogP contribution in [0.2, 0.25) is 0 Å². The van der Waals surface area contributed by atoms with Crippen LogP contribution in [-0.4, -0.2) is 57.6 Å². The average Bonchev–Trinajstić information content (AvgIpc) is 3.17. The zero-order valence-corrected chi connectivity index (χ0v) is 22.2. The molecule has 1 aromatic heterocycles. The van der Waals surface area contributed by atoms with Crippen molar-refractivity contribution in [2.24, 2.45) is 0 Å². The fraction of sp³-hybridized carbons (Fsp3) is 0.478. The fourth-order valence-corrected chi connectivity index (χ4v) is 4.95. The summed E-state index contributed by atoms with van der Waals surface area (Å²) < 4.78 is 53.7. The lowest BCUT2D eigenvalue weighted by atomic mass is 10.1. The van der Waals surface area contributed by atoms with E-state index in [1.807, 2.05) is 0 Å². The molecular weight excluding hydrogens is 523 g/mol. The minimum absolute atomic E-state index is 0.0355. The Kier molecular flexibility index (Phi) is 8.45. The predicted octanol–water partition coefficient (Wildman–Crippen LogP) is 2.89. The third-order valence-corrected chi connectivity index (χ3v) is 6.94. The molecule has 1 aliphatic rings. The van der Waals surface area contributed by atoms with Crippen molar-refractivity contribution < 1.29 is 35.7 Å². The highest BCUT2D eigenvalue weighted by molar-refractivity contribution is 7.71. The van der Waals surface area contributed by atoms with Crippen LogP contribution in [0.15, 0.2) is 41.3 Å². The molecule has 0 radical (unpaired) electrons. The van der Waals surface area contributed by atoms with Crippen molar-refractivity contribution in [3.05, 3.63) is 68.6 Å². The second-order valence-corrected chi connectivity index (χ2v) is 10.5. The zero-order chi connectivity index (χ0) is 29.1. The van der Waals surface area contributed by atoms with E-state index in [4.69, 9.17) is 40.1 Å². The van der Waals surface area contributed by atoms with Gasteiger partial charge in [0.15, 0.2) is 10.9 Å². The highest BCUT2D eigenvalue weighted by Gasteiger charge is 2.51. The van der Waals surface area contributed by atoms with Gasteiger partial charge in [0.2, 0.25) is 6.23 Å². The maximum atomic E-state index is 13.8. The number of nitrogens with one attached hydrogen (secondary N) is 2. The van der Waals surface area contributed by atoms with Crippen LogP contribution < -0.4 is 15.2 Å². The summed E-state index contributed by atoms with van der Waals surface area (Å²) in [5.74, 6) is -0.757. The van der Waals surface area contributed by atoms with E-state index >= 15 is 0 Å². The Labute approximate surface area is 221 Å². The minimum atomic E-state index is -4.71. The van der Waals surface area contributed by atoms with Gasteiger partial charge in [-0.1, -0.05) is 18.2 Å². The monoisotopic (exact) mass is 554 g/mol. The van der Waals surface area contributed by atoms with Crippen molar-refractivity contribution in [1.82, 2.24) is 14.6 Å². The van der Waals surface area contributed by atoms with Gasteiger partial charge in [0.1, 0.15) is 17.9 Å². The molecule has 6 atom stereocenters. The highest BCUT2D eigenvalue weighted by atomic mass is 32.1. The highest BCUT2D eigenvalue weighted by Crippen LogP contribution is 2.46. The third kappa shape index (κ3) is 7.13. The van der Waals surface area contributed by atoms with Crippen molar-refractivity contribution in [2.75, 3.05) is 6.56 Å². The number of para-hydroxylation sites is 1. The van der Waals surface area contributed by atoms with E-state index in [0.717, 1.165) is 0 Å². The average molecular weight is 555 g/mol. The van der Waals surface area contributed by atoms with Gasteiger partial charge in [-0.2, -0.15) is 5.09 Å². The molecular formula is C23H29N4O8PS. The Morgan fingerprint density at radius 1 is 1.41 bits per heavy atom. The van der Waals surface area contributed by atoms with Crippen molar-refractivity contribution in [3.63, 3.8) is 0 Å². The molecule has 2 heterocycles. The summed E-state index contributed by atoms with van der Waals surface area (Å²) in [5.41, 5.74) is -0.222. The Balaban J connectivity index is 1.94. The molecule has 0 spiro atoms. The fourth-order valence-electron chi connectivity index (χ4n) is 3.34. The maximum absolute atomic E-state index is 13.8. The van der Waals surface area contributed by atoms with Crippen molar-refractivity contribution >= 4 is 25.9 Å². The van der Waals surface area contributed by atoms with E-state index in [0.29, 0.717) is 0 Å². The lowest BCUT2D eigenvalue weighted by molar-refractivity contribution is -0.149. The first-order chi connectivity index (χ1) is 18.2. The van der Waals surface area contributed by atoms with Crippen molar-refractivity contribution in [1.29, 1.82) is 0 Å². The Morgan fingerprint density at radius 2 is 2.08 bits per heavy atom. The predicted molar refractivity (Wildman–Crippen MR) is 135 cm³/mol. The summed E-state index contributed by atoms with van der Waals surface area (Å²) in [5, 5.41) is 13.3. The number of carbonyl (C=O) groups is 1. The molecule has 0 aliphatic carbocycles. The van der Waals surface area contributed by atoms with Gasteiger partial charge in [-0.3, -0.25) is 23.7 Å². The molecule has 0 saturated carbocycles. The second-order valence-electron chi connectivity index (χ2n) is 8.48. The Bertz CT molecular complexity index is 1400. The normalized spacial score (nSPS) is 24.9. The first-order valence-electron chi connectivity index (χ1n) is 12.2. The topological polar surface area (TPSA) is 145 Å². The molecule has 1 aromatic carbocycles.